The molecule has 0 radical (unpaired) electrons. The van der Waals surface area contributed by atoms with Gasteiger partial charge >= 0.3 is 0 Å². The minimum Gasteiger partial charge on any atom is -0.497 e. The monoisotopic (exact) mass is 523 g/mol. The second-order valence-electron chi connectivity index (χ2n) is 10.7. The molecule has 2 fully saturated rings. The van der Waals surface area contributed by atoms with Crippen molar-refractivity contribution in [2.24, 2.45) is 11.8 Å². The fourth-order valence-electron chi connectivity index (χ4n) is 5.73. The number of rotatable bonds is 12. The average molecular weight is 524 g/mol. The molecule has 1 unspecified atom stereocenters. The summed E-state index contributed by atoms with van der Waals surface area (Å²) in [7, 11) is 1.27. The fourth-order valence-corrected chi connectivity index (χ4v) is 7.29. The van der Waals surface area contributed by atoms with Crippen molar-refractivity contribution in [3.63, 3.8) is 0 Å². The van der Waals surface area contributed by atoms with Gasteiger partial charge in [-0.1, -0.05) is 6.42 Å². The van der Waals surface area contributed by atoms with Crippen LogP contribution in [0.25, 0.3) is 0 Å². The van der Waals surface area contributed by atoms with Gasteiger partial charge in [-0.25, -0.2) is 8.42 Å². The zero-order valence-corrected chi connectivity index (χ0v) is 23.6. The van der Waals surface area contributed by atoms with Crippen molar-refractivity contribution in [2.45, 2.75) is 57.3 Å². The van der Waals surface area contributed by atoms with Crippen LogP contribution in [-0.2, 0) is 19.6 Å². The highest BCUT2D eigenvalue weighted by Gasteiger charge is 2.27. The fraction of sp³-hybridized carbons (Fsp3) is 0.741. The van der Waals surface area contributed by atoms with Crippen LogP contribution in [0.5, 0.6) is 5.75 Å². The molecule has 0 N–H and O–H groups in total. The van der Waals surface area contributed by atoms with Crippen molar-refractivity contribution in [1.82, 2.24) is 14.1 Å². The summed E-state index contributed by atoms with van der Waals surface area (Å²) in [6.45, 7) is 8.29. The van der Waals surface area contributed by atoms with E-state index in [1.165, 1.54) is 69.5 Å². The number of ether oxygens (including phenoxy) is 2. The standard InChI is InChI=1S/C27H45N3O5S/c1-21-15-25(34-5)16-22(2)27(21)36(32,33)29(4)13-14-35-20-26(31)28(3)18-23-9-8-10-24(17-23)19-30-11-6-7-12-30/h15-16,23-24H,6-14,17-20H2,1-5H3/t23-,24?/m0/s1. The van der Waals surface area contributed by atoms with Crippen LogP contribution in [0, 0.1) is 25.7 Å². The molecule has 204 valence electrons. The number of sulfonamides is 1. The minimum absolute atomic E-state index is 0.0328. The van der Waals surface area contributed by atoms with E-state index in [0.29, 0.717) is 22.8 Å². The molecule has 1 saturated carbocycles. The molecule has 1 saturated heterocycles. The predicted octanol–water partition coefficient (Wildman–Crippen LogP) is 3.31. The summed E-state index contributed by atoms with van der Waals surface area (Å²) < 4.78 is 38.3. The van der Waals surface area contributed by atoms with Gasteiger partial charge in [0.15, 0.2) is 0 Å². The second-order valence-corrected chi connectivity index (χ2v) is 12.6. The molecule has 1 aromatic rings. The van der Waals surface area contributed by atoms with Gasteiger partial charge in [0, 0.05) is 33.7 Å². The number of carbonyl (C=O) groups excluding carboxylic acids is 1. The van der Waals surface area contributed by atoms with E-state index >= 15 is 0 Å². The topological polar surface area (TPSA) is 79.4 Å². The molecule has 2 atom stereocenters. The number of likely N-dealkylation sites (tertiary alicyclic amines) is 1. The maximum atomic E-state index is 13.1. The molecule has 1 aromatic carbocycles. The van der Waals surface area contributed by atoms with Crippen LogP contribution >= 0.6 is 0 Å². The van der Waals surface area contributed by atoms with E-state index in [1.807, 2.05) is 7.05 Å². The molecule has 9 heteroatoms. The lowest BCUT2D eigenvalue weighted by atomic mass is 9.81. The summed E-state index contributed by atoms with van der Waals surface area (Å²) >= 11 is 0. The van der Waals surface area contributed by atoms with Crippen molar-refractivity contribution in [2.75, 3.05) is 67.1 Å². The number of amides is 1. The van der Waals surface area contributed by atoms with Gasteiger partial charge < -0.3 is 19.3 Å². The Morgan fingerprint density at radius 2 is 1.69 bits per heavy atom. The molecule has 1 aliphatic carbocycles. The molecule has 3 rings (SSSR count). The molecule has 1 amide bonds. The SMILES string of the molecule is COc1cc(C)c(S(=O)(=O)N(C)CCOCC(=O)N(C)C[C@H]2CCCC(CN3CCCC3)C2)c(C)c1. The number of carbonyl (C=O) groups is 1. The number of likely N-dealkylation sites (N-methyl/N-ethyl adjacent to an activating group) is 2. The molecule has 1 heterocycles. The zero-order valence-electron chi connectivity index (χ0n) is 22.8. The van der Waals surface area contributed by atoms with Crippen molar-refractivity contribution < 1.29 is 22.7 Å². The first-order valence-corrected chi connectivity index (χ1v) is 14.7. The summed E-state index contributed by atoms with van der Waals surface area (Å²) in [6, 6.07) is 3.44. The molecule has 0 bridgehead atoms. The van der Waals surface area contributed by atoms with Crippen LogP contribution in [-0.4, -0.2) is 95.6 Å². The van der Waals surface area contributed by atoms with Crippen molar-refractivity contribution in [1.29, 1.82) is 0 Å². The van der Waals surface area contributed by atoms with Gasteiger partial charge in [-0.05, 0) is 94.1 Å². The van der Waals surface area contributed by atoms with Crippen molar-refractivity contribution in [3.8, 4) is 5.75 Å². The number of methoxy groups -OCH3 is 1. The first-order valence-electron chi connectivity index (χ1n) is 13.3. The van der Waals surface area contributed by atoms with E-state index in [0.717, 1.165) is 12.5 Å². The van der Waals surface area contributed by atoms with Crippen LogP contribution < -0.4 is 4.74 Å². The quantitative estimate of drug-likeness (QED) is 0.391. The van der Waals surface area contributed by atoms with Crippen LogP contribution in [0.2, 0.25) is 0 Å². The van der Waals surface area contributed by atoms with Crippen molar-refractivity contribution in [3.05, 3.63) is 23.3 Å². The molecule has 0 spiro atoms. The molecule has 2 aliphatic rings. The lowest BCUT2D eigenvalue weighted by Gasteiger charge is -2.33. The Bertz CT molecular complexity index is 955. The highest BCUT2D eigenvalue weighted by molar-refractivity contribution is 7.89. The van der Waals surface area contributed by atoms with Crippen LogP contribution in [0.4, 0.5) is 0 Å². The molecule has 8 nitrogen and oxygen atoms in total. The Morgan fingerprint density at radius 1 is 1.06 bits per heavy atom. The lowest BCUT2D eigenvalue weighted by molar-refractivity contribution is -0.135. The van der Waals surface area contributed by atoms with Gasteiger partial charge in [0.05, 0.1) is 18.6 Å². The molecule has 1 aliphatic heterocycles. The summed E-state index contributed by atoms with van der Waals surface area (Å²) in [6.07, 6.45) is 7.59. The molecular formula is C27H45N3O5S. The minimum atomic E-state index is -3.68. The van der Waals surface area contributed by atoms with E-state index in [-0.39, 0.29) is 30.6 Å². The zero-order chi connectivity index (χ0) is 26.3. The van der Waals surface area contributed by atoms with Gasteiger partial charge in [0.2, 0.25) is 15.9 Å². The Kier molecular flexibility index (Phi) is 10.6. The summed E-state index contributed by atoms with van der Waals surface area (Å²) in [4.78, 5) is 17.3. The Balaban J connectivity index is 1.41. The summed E-state index contributed by atoms with van der Waals surface area (Å²) in [5.41, 5.74) is 1.28. The first-order chi connectivity index (χ1) is 17.1. The highest BCUT2D eigenvalue weighted by Crippen LogP contribution is 2.31. The lowest BCUT2D eigenvalue weighted by Crippen LogP contribution is -2.38. The van der Waals surface area contributed by atoms with Gasteiger partial charge in [-0.3, -0.25) is 4.79 Å². The van der Waals surface area contributed by atoms with Crippen molar-refractivity contribution >= 4 is 15.9 Å². The maximum absolute atomic E-state index is 13.1. The van der Waals surface area contributed by atoms with Gasteiger partial charge in [-0.15, -0.1) is 0 Å². The van der Waals surface area contributed by atoms with Gasteiger partial charge in [-0.2, -0.15) is 4.31 Å². The number of hydrogen-bond acceptors (Lipinski definition) is 6. The number of nitrogens with zero attached hydrogens (tertiary/aromatic N) is 3. The van der Waals surface area contributed by atoms with E-state index in [1.54, 1.807) is 38.0 Å². The smallest absolute Gasteiger partial charge is 0.248 e. The Morgan fingerprint density at radius 3 is 2.33 bits per heavy atom. The van der Waals surface area contributed by atoms with E-state index in [4.69, 9.17) is 9.47 Å². The van der Waals surface area contributed by atoms with Gasteiger partial charge in [0.25, 0.3) is 0 Å². The maximum Gasteiger partial charge on any atom is 0.248 e. The number of hydrogen-bond donors (Lipinski definition) is 0. The van der Waals surface area contributed by atoms with Gasteiger partial charge in [0.1, 0.15) is 12.4 Å². The first kappa shape index (κ1) is 28.9. The summed E-state index contributed by atoms with van der Waals surface area (Å²) in [5.74, 6) is 1.88. The number of aryl methyl sites for hydroxylation is 2. The Labute approximate surface area is 218 Å². The third kappa shape index (κ3) is 7.66. The number of benzene rings is 1. The van der Waals surface area contributed by atoms with Crippen LogP contribution in [0.1, 0.15) is 49.7 Å². The molecule has 0 aromatic heterocycles. The molecule has 36 heavy (non-hydrogen) atoms. The third-order valence-electron chi connectivity index (χ3n) is 7.68. The predicted molar refractivity (Wildman–Crippen MR) is 142 cm³/mol. The Hall–Kier alpha value is -1.68. The largest absolute Gasteiger partial charge is 0.497 e. The van der Waals surface area contributed by atoms with E-state index in [9.17, 15) is 13.2 Å². The van der Waals surface area contributed by atoms with E-state index in [2.05, 4.69) is 4.90 Å². The van der Waals surface area contributed by atoms with Crippen LogP contribution in [0.15, 0.2) is 17.0 Å². The normalized spacial score (nSPS) is 21.2. The second kappa shape index (κ2) is 13.2. The average Bonchev–Trinajstić information content (AvgIpc) is 3.34. The molecular weight excluding hydrogens is 478 g/mol. The van der Waals surface area contributed by atoms with Crippen LogP contribution in [0.3, 0.4) is 0 Å². The highest BCUT2D eigenvalue weighted by atomic mass is 32.2. The van der Waals surface area contributed by atoms with E-state index < -0.39 is 10.0 Å². The third-order valence-corrected chi connectivity index (χ3v) is 9.84. The summed E-state index contributed by atoms with van der Waals surface area (Å²) in [5, 5.41) is 0.